The van der Waals surface area contributed by atoms with Gasteiger partial charge >= 0.3 is 0 Å². The number of anilines is 2. The summed E-state index contributed by atoms with van der Waals surface area (Å²) in [5.41, 5.74) is 11.9. The number of thiol groups is 1. The van der Waals surface area contributed by atoms with Gasteiger partial charge in [-0.25, -0.2) is 13.4 Å². The Kier molecular flexibility index (Phi) is 5.78. The van der Waals surface area contributed by atoms with Crippen molar-refractivity contribution in [3.05, 3.63) is 66.4 Å². The van der Waals surface area contributed by atoms with Crippen molar-refractivity contribution >= 4 is 22.2 Å². The Morgan fingerprint density at radius 1 is 0.931 bits per heavy atom. The Balaban J connectivity index is 1.59. The first-order chi connectivity index (χ1) is 14.1. The van der Waals surface area contributed by atoms with Crippen molar-refractivity contribution in [3.8, 4) is 22.3 Å². The van der Waals surface area contributed by atoms with Crippen molar-refractivity contribution in [1.82, 2.24) is 4.98 Å². The summed E-state index contributed by atoms with van der Waals surface area (Å²) in [6, 6.07) is 17.8. The number of rotatable bonds is 5. The third-order valence-electron chi connectivity index (χ3n) is 5.07. The number of hydrogen-bond donors (Lipinski definition) is 2. The van der Waals surface area contributed by atoms with Gasteiger partial charge in [-0.3, -0.25) is 0 Å². The van der Waals surface area contributed by atoms with E-state index in [1.807, 2.05) is 30.3 Å². The number of hydrogen-bond acceptors (Lipinski definition) is 6. The highest BCUT2D eigenvalue weighted by Crippen LogP contribution is 2.31. The highest BCUT2D eigenvalue weighted by molar-refractivity contribution is 7.71. The number of ether oxygens (including phenoxy) is 1. The molecule has 0 atom stereocenters. The zero-order valence-corrected chi connectivity index (χ0v) is 16.8. The van der Waals surface area contributed by atoms with Gasteiger partial charge in [0.1, 0.15) is 16.5 Å². The second-order valence-corrected chi connectivity index (χ2v) is 7.97. The fourth-order valence-electron chi connectivity index (χ4n) is 3.49. The Labute approximate surface area is 171 Å². The predicted octanol–water partition coefficient (Wildman–Crippen LogP) is 2.95. The molecule has 6 nitrogen and oxygen atoms in total. The van der Waals surface area contributed by atoms with E-state index in [1.54, 1.807) is 6.20 Å². The molecule has 1 fully saturated rings. The fourth-order valence-corrected chi connectivity index (χ4v) is 4.00. The fraction of sp³-hybridized carbons (Fsp3) is 0.227. The maximum Gasteiger partial charge on any atom is 0.144 e. The topological polar surface area (TPSA) is 85.5 Å². The molecule has 2 N–H and O–H groups in total. The minimum Gasteiger partial charge on any atom is -0.383 e. The number of pyridine rings is 1. The largest absolute Gasteiger partial charge is 0.383 e. The molecule has 0 saturated carbocycles. The van der Waals surface area contributed by atoms with Crippen LogP contribution in [0.15, 0.2) is 60.8 Å². The molecule has 2 aromatic carbocycles. The molecule has 1 aliphatic heterocycles. The van der Waals surface area contributed by atoms with E-state index in [1.165, 1.54) is 5.69 Å². The number of aromatic nitrogens is 1. The molecule has 0 unspecified atom stereocenters. The Morgan fingerprint density at radius 3 is 2.24 bits per heavy atom. The van der Waals surface area contributed by atoms with Crippen molar-refractivity contribution in [2.75, 3.05) is 36.9 Å². The molecule has 29 heavy (non-hydrogen) atoms. The smallest absolute Gasteiger partial charge is 0.144 e. The zero-order valence-electron chi connectivity index (χ0n) is 16.0. The third-order valence-corrected chi connectivity index (χ3v) is 5.70. The van der Waals surface area contributed by atoms with Crippen LogP contribution in [0.3, 0.4) is 0 Å². The lowest BCUT2D eigenvalue weighted by Gasteiger charge is -2.29. The van der Waals surface area contributed by atoms with Crippen molar-refractivity contribution in [2.45, 2.75) is 5.75 Å². The molecular weight excluding hydrogens is 386 g/mol. The molecule has 0 bridgehead atoms. The van der Waals surface area contributed by atoms with Gasteiger partial charge < -0.3 is 15.4 Å². The van der Waals surface area contributed by atoms with Gasteiger partial charge in [0.2, 0.25) is 0 Å². The highest BCUT2D eigenvalue weighted by atomic mass is 32.2. The van der Waals surface area contributed by atoms with Crippen molar-refractivity contribution in [3.63, 3.8) is 0 Å². The zero-order chi connectivity index (χ0) is 20.2. The average molecular weight is 410 g/mol. The van der Waals surface area contributed by atoms with Gasteiger partial charge in [-0.15, -0.1) is 0 Å². The minimum atomic E-state index is -2.43. The first kappa shape index (κ1) is 19.4. The van der Waals surface area contributed by atoms with Crippen LogP contribution in [0, 0.1) is 0 Å². The van der Waals surface area contributed by atoms with E-state index in [2.05, 4.69) is 34.1 Å². The number of benzene rings is 2. The lowest BCUT2D eigenvalue weighted by molar-refractivity contribution is 0.122. The molecule has 0 aliphatic carbocycles. The summed E-state index contributed by atoms with van der Waals surface area (Å²) in [6.07, 6.45) is 1.74. The van der Waals surface area contributed by atoms with E-state index in [0.717, 1.165) is 54.1 Å². The van der Waals surface area contributed by atoms with Crippen LogP contribution in [0.4, 0.5) is 11.5 Å². The van der Waals surface area contributed by atoms with Gasteiger partial charge in [0, 0.05) is 36.1 Å². The van der Waals surface area contributed by atoms with Gasteiger partial charge in [0.25, 0.3) is 0 Å². The summed E-state index contributed by atoms with van der Waals surface area (Å²) >= 11 is 0. The van der Waals surface area contributed by atoms with Crippen LogP contribution in [0.2, 0.25) is 0 Å². The van der Waals surface area contributed by atoms with Gasteiger partial charge in [-0.1, -0.05) is 36.4 Å². The normalized spacial score (nSPS) is 14.3. The van der Waals surface area contributed by atoms with E-state index < -0.39 is 10.7 Å². The van der Waals surface area contributed by atoms with Crippen LogP contribution in [-0.2, 0) is 21.2 Å². The third kappa shape index (κ3) is 4.58. The number of nitrogens with zero attached hydrogens (tertiary/aromatic N) is 2. The van der Waals surface area contributed by atoms with Gasteiger partial charge in [-0.2, -0.15) is 0 Å². The first-order valence-electron chi connectivity index (χ1n) is 9.50. The summed E-state index contributed by atoms with van der Waals surface area (Å²) in [7, 11) is -2.43. The molecule has 1 aromatic heterocycles. The summed E-state index contributed by atoms with van der Waals surface area (Å²) in [6.45, 7) is 3.31. The van der Waals surface area contributed by atoms with Crippen LogP contribution in [0.1, 0.15) is 5.56 Å². The molecule has 3 aromatic rings. The van der Waals surface area contributed by atoms with E-state index in [-0.39, 0.29) is 5.75 Å². The molecule has 0 radical (unpaired) electrons. The Bertz CT molecular complexity index is 1050. The van der Waals surface area contributed by atoms with E-state index in [4.69, 9.17) is 10.5 Å². The van der Waals surface area contributed by atoms with Gasteiger partial charge in [0.05, 0.1) is 19.0 Å². The van der Waals surface area contributed by atoms with E-state index >= 15 is 0 Å². The summed E-state index contributed by atoms with van der Waals surface area (Å²) < 4.78 is 27.2. The second-order valence-electron chi connectivity index (χ2n) is 6.99. The molecule has 1 aliphatic rings. The first-order valence-corrected chi connectivity index (χ1v) is 10.9. The van der Waals surface area contributed by atoms with Crippen molar-refractivity contribution in [1.29, 1.82) is 0 Å². The van der Waals surface area contributed by atoms with Crippen molar-refractivity contribution < 1.29 is 13.2 Å². The highest BCUT2D eigenvalue weighted by Gasteiger charge is 2.12. The molecule has 4 rings (SSSR count). The molecule has 150 valence electrons. The number of nitrogen functional groups attached to an aromatic ring is 1. The maximum absolute atomic E-state index is 10.9. The Hall–Kier alpha value is -2.90. The van der Waals surface area contributed by atoms with Gasteiger partial charge in [-0.05, 0) is 34.9 Å². The molecule has 1 saturated heterocycles. The summed E-state index contributed by atoms with van der Waals surface area (Å²) in [5, 5.41) is 0. The average Bonchev–Trinajstić information content (AvgIpc) is 2.75. The number of nitrogens with two attached hydrogens (primary N) is 1. The lowest BCUT2D eigenvalue weighted by Crippen LogP contribution is -2.36. The molecule has 2 heterocycles. The second kappa shape index (κ2) is 8.63. The summed E-state index contributed by atoms with van der Waals surface area (Å²) in [4.78, 5) is 6.68. The van der Waals surface area contributed by atoms with Crippen molar-refractivity contribution in [2.24, 2.45) is 0 Å². The van der Waals surface area contributed by atoms with Crippen LogP contribution in [0.5, 0.6) is 0 Å². The monoisotopic (exact) mass is 409 g/mol. The van der Waals surface area contributed by atoms with E-state index in [9.17, 15) is 8.42 Å². The molecule has 0 amide bonds. The van der Waals surface area contributed by atoms with Crippen LogP contribution in [-0.4, -0.2) is 39.7 Å². The quantitative estimate of drug-likeness (QED) is 0.630. The van der Waals surface area contributed by atoms with Crippen LogP contribution >= 0.6 is 0 Å². The van der Waals surface area contributed by atoms with E-state index in [0.29, 0.717) is 5.82 Å². The number of morpholine rings is 1. The Morgan fingerprint density at radius 2 is 1.59 bits per heavy atom. The SMILES string of the molecule is Nc1ncc(-c2ccc(C[SH](=O)=O)cc2)cc1-c1ccc(N2CCOCC2)cc1. The predicted molar refractivity (Wildman–Crippen MR) is 117 cm³/mol. The van der Waals surface area contributed by atoms with Crippen LogP contribution in [0.25, 0.3) is 22.3 Å². The van der Waals surface area contributed by atoms with Gasteiger partial charge in [0.15, 0.2) is 0 Å². The molecule has 7 heteroatoms. The lowest BCUT2D eigenvalue weighted by atomic mass is 10.00. The summed E-state index contributed by atoms with van der Waals surface area (Å²) in [5.74, 6) is 0.531. The van der Waals surface area contributed by atoms with Crippen LogP contribution < -0.4 is 10.6 Å². The maximum atomic E-state index is 10.9. The molecular formula is C22H23N3O3S. The standard InChI is InChI=1S/C22H23N3O3S/c23-22-21(18-5-7-20(8-6-18)25-9-11-28-12-10-25)13-19(14-24-22)17-3-1-16(2-4-17)15-29(26)27/h1-8,13-14,29H,9-12,15H2,(H2,23,24). The minimum absolute atomic E-state index is 0.0519. The molecule has 0 spiro atoms.